The highest BCUT2D eigenvalue weighted by atomic mass is 32.1. The number of thiazole rings is 1. The second-order valence-electron chi connectivity index (χ2n) is 4.66. The summed E-state index contributed by atoms with van der Waals surface area (Å²) in [5.41, 5.74) is 9.74. The number of benzene rings is 2. The fourth-order valence-corrected chi connectivity index (χ4v) is 2.68. The number of nitrogens with two attached hydrogens (primary N) is 1. The number of nitrogens with zero attached hydrogens (tertiary/aromatic N) is 1. The van der Waals surface area contributed by atoms with Crippen LogP contribution in [0.15, 0.2) is 35.8 Å². The van der Waals surface area contributed by atoms with Crippen molar-refractivity contribution in [3.63, 3.8) is 0 Å². The van der Waals surface area contributed by atoms with E-state index in [1.165, 1.54) is 23.5 Å². The Kier molecular flexibility index (Phi) is 3.31. The van der Waals surface area contributed by atoms with Gasteiger partial charge in [0.25, 0.3) is 5.91 Å². The monoisotopic (exact) mass is 301 g/mol. The summed E-state index contributed by atoms with van der Waals surface area (Å²) >= 11 is 1.49. The summed E-state index contributed by atoms with van der Waals surface area (Å²) in [6.45, 7) is 1.57. The Morgan fingerprint density at radius 3 is 2.90 bits per heavy atom. The van der Waals surface area contributed by atoms with E-state index < -0.39 is 11.7 Å². The van der Waals surface area contributed by atoms with E-state index in [2.05, 4.69) is 10.3 Å². The van der Waals surface area contributed by atoms with Gasteiger partial charge in [0, 0.05) is 22.5 Å². The molecule has 21 heavy (non-hydrogen) atoms. The molecule has 106 valence electrons. The number of nitrogens with one attached hydrogen (secondary N) is 1. The largest absolute Gasteiger partial charge is 0.398 e. The molecule has 4 nitrogen and oxygen atoms in total. The first-order valence-electron chi connectivity index (χ1n) is 6.25. The number of rotatable bonds is 2. The predicted octanol–water partition coefficient (Wildman–Crippen LogP) is 3.58. The Hall–Kier alpha value is -2.47. The van der Waals surface area contributed by atoms with Crippen LogP contribution >= 0.6 is 11.3 Å². The van der Waals surface area contributed by atoms with Crippen molar-refractivity contribution in [3.8, 4) is 0 Å². The molecule has 3 aromatic rings. The molecule has 0 fully saturated rings. The molecular formula is C15H12FN3OS. The molecule has 2 aromatic carbocycles. The molecule has 3 N–H and O–H groups in total. The molecule has 0 atom stereocenters. The standard InChI is InChI=1S/C15H12FN3OS/c1-8-11(16)4-9(5-12(8)17)15(20)19-10-2-3-13-14(6-10)21-7-18-13/h2-7H,17H2,1H3,(H,19,20). The Bertz CT molecular complexity index is 821. The van der Waals surface area contributed by atoms with Crippen LogP contribution in [-0.4, -0.2) is 10.9 Å². The van der Waals surface area contributed by atoms with Crippen molar-refractivity contribution < 1.29 is 9.18 Å². The second-order valence-corrected chi connectivity index (χ2v) is 5.55. The van der Waals surface area contributed by atoms with Crippen molar-refractivity contribution in [1.29, 1.82) is 0 Å². The number of aromatic nitrogens is 1. The van der Waals surface area contributed by atoms with Gasteiger partial charge in [-0.1, -0.05) is 0 Å². The summed E-state index contributed by atoms with van der Waals surface area (Å²) in [4.78, 5) is 16.3. The van der Waals surface area contributed by atoms with E-state index in [4.69, 9.17) is 5.73 Å². The van der Waals surface area contributed by atoms with Gasteiger partial charge >= 0.3 is 0 Å². The molecule has 0 unspecified atom stereocenters. The number of amides is 1. The van der Waals surface area contributed by atoms with Crippen LogP contribution in [0.25, 0.3) is 10.2 Å². The maximum atomic E-state index is 13.6. The van der Waals surface area contributed by atoms with Crippen LogP contribution < -0.4 is 11.1 Å². The van der Waals surface area contributed by atoms with E-state index in [1.807, 2.05) is 12.1 Å². The maximum Gasteiger partial charge on any atom is 0.255 e. The molecule has 0 radical (unpaired) electrons. The van der Waals surface area contributed by atoms with Gasteiger partial charge < -0.3 is 11.1 Å². The van der Waals surface area contributed by atoms with Crippen LogP contribution in [0.3, 0.4) is 0 Å². The molecule has 0 bridgehead atoms. The Balaban J connectivity index is 1.88. The number of carbonyl (C=O) groups excluding carboxylic acids is 1. The van der Waals surface area contributed by atoms with E-state index in [0.29, 0.717) is 11.3 Å². The highest BCUT2D eigenvalue weighted by Gasteiger charge is 2.11. The lowest BCUT2D eigenvalue weighted by Gasteiger charge is -2.08. The Morgan fingerprint density at radius 1 is 1.33 bits per heavy atom. The van der Waals surface area contributed by atoms with E-state index >= 15 is 0 Å². The van der Waals surface area contributed by atoms with Crippen molar-refractivity contribution in [2.75, 3.05) is 11.1 Å². The highest BCUT2D eigenvalue weighted by Crippen LogP contribution is 2.23. The molecule has 1 amide bonds. The van der Waals surface area contributed by atoms with Gasteiger partial charge in [-0.3, -0.25) is 4.79 Å². The van der Waals surface area contributed by atoms with Crippen molar-refractivity contribution in [1.82, 2.24) is 4.98 Å². The smallest absolute Gasteiger partial charge is 0.255 e. The number of hydrogen-bond donors (Lipinski definition) is 2. The lowest BCUT2D eigenvalue weighted by Crippen LogP contribution is -2.13. The number of carbonyl (C=O) groups is 1. The molecule has 0 aliphatic heterocycles. The second kappa shape index (κ2) is 5.14. The third-order valence-electron chi connectivity index (χ3n) is 3.24. The maximum absolute atomic E-state index is 13.6. The number of halogens is 1. The van der Waals surface area contributed by atoms with Crippen molar-refractivity contribution in [2.24, 2.45) is 0 Å². The predicted molar refractivity (Wildman–Crippen MR) is 83.1 cm³/mol. The van der Waals surface area contributed by atoms with E-state index in [9.17, 15) is 9.18 Å². The van der Waals surface area contributed by atoms with Crippen LogP contribution in [0.2, 0.25) is 0 Å². The van der Waals surface area contributed by atoms with E-state index in [1.54, 1.807) is 18.5 Å². The fourth-order valence-electron chi connectivity index (χ4n) is 1.97. The van der Waals surface area contributed by atoms with Gasteiger partial charge in [0.15, 0.2) is 0 Å². The molecule has 0 saturated heterocycles. The van der Waals surface area contributed by atoms with Crippen LogP contribution in [0.5, 0.6) is 0 Å². The van der Waals surface area contributed by atoms with Crippen LogP contribution in [0.1, 0.15) is 15.9 Å². The number of anilines is 2. The zero-order valence-corrected chi connectivity index (χ0v) is 12.0. The molecule has 3 rings (SSSR count). The Labute approximate surface area is 124 Å². The van der Waals surface area contributed by atoms with Crippen molar-refractivity contribution in [2.45, 2.75) is 6.92 Å². The molecule has 0 aliphatic carbocycles. The third-order valence-corrected chi connectivity index (χ3v) is 4.03. The zero-order chi connectivity index (χ0) is 15.0. The molecule has 1 aromatic heterocycles. The zero-order valence-electron chi connectivity index (χ0n) is 11.2. The minimum atomic E-state index is -0.488. The first-order chi connectivity index (χ1) is 10.0. The highest BCUT2D eigenvalue weighted by molar-refractivity contribution is 7.16. The van der Waals surface area contributed by atoms with Crippen LogP contribution in [-0.2, 0) is 0 Å². The summed E-state index contributed by atoms with van der Waals surface area (Å²) in [5, 5.41) is 2.73. The minimum Gasteiger partial charge on any atom is -0.398 e. The number of nitrogen functional groups attached to an aromatic ring is 1. The number of hydrogen-bond acceptors (Lipinski definition) is 4. The molecular weight excluding hydrogens is 289 g/mol. The summed E-state index contributed by atoms with van der Waals surface area (Å²) in [6.07, 6.45) is 0. The van der Waals surface area contributed by atoms with Gasteiger partial charge in [-0.15, -0.1) is 11.3 Å². The SMILES string of the molecule is Cc1c(N)cc(C(=O)Nc2ccc3ncsc3c2)cc1F. The molecule has 0 spiro atoms. The molecule has 1 heterocycles. The Morgan fingerprint density at radius 2 is 2.14 bits per heavy atom. The first-order valence-corrected chi connectivity index (χ1v) is 7.13. The summed E-state index contributed by atoms with van der Waals surface area (Å²) < 4.78 is 14.6. The van der Waals surface area contributed by atoms with Gasteiger partial charge in [0.2, 0.25) is 0 Å². The minimum absolute atomic E-state index is 0.194. The molecule has 6 heteroatoms. The van der Waals surface area contributed by atoms with Gasteiger partial charge in [0.05, 0.1) is 15.7 Å². The topological polar surface area (TPSA) is 68.0 Å². The quantitative estimate of drug-likeness (QED) is 0.711. The lowest BCUT2D eigenvalue weighted by molar-refractivity contribution is 0.102. The normalized spacial score (nSPS) is 10.8. The van der Waals surface area contributed by atoms with Gasteiger partial charge in [-0.25, -0.2) is 9.37 Å². The van der Waals surface area contributed by atoms with Gasteiger partial charge in [-0.05, 0) is 37.3 Å². The molecule has 0 saturated carbocycles. The molecule has 0 aliphatic rings. The summed E-state index contributed by atoms with van der Waals surface area (Å²) in [7, 11) is 0. The average molecular weight is 301 g/mol. The number of fused-ring (bicyclic) bond motifs is 1. The van der Waals surface area contributed by atoms with E-state index in [0.717, 1.165) is 10.2 Å². The van der Waals surface area contributed by atoms with Crippen molar-refractivity contribution >= 4 is 38.8 Å². The lowest BCUT2D eigenvalue weighted by atomic mass is 10.1. The summed E-state index contributed by atoms with van der Waals surface area (Å²) in [6, 6.07) is 8.07. The van der Waals surface area contributed by atoms with Crippen molar-refractivity contribution in [3.05, 3.63) is 52.8 Å². The van der Waals surface area contributed by atoms with Crippen LogP contribution in [0, 0.1) is 12.7 Å². The first kappa shape index (κ1) is 13.5. The average Bonchev–Trinajstić information content (AvgIpc) is 2.91. The van der Waals surface area contributed by atoms with Gasteiger partial charge in [-0.2, -0.15) is 0 Å². The fraction of sp³-hybridized carbons (Fsp3) is 0.0667. The van der Waals surface area contributed by atoms with Gasteiger partial charge in [0.1, 0.15) is 5.82 Å². The van der Waals surface area contributed by atoms with Crippen LogP contribution in [0.4, 0.5) is 15.8 Å². The summed E-state index contributed by atoms with van der Waals surface area (Å²) in [5.74, 6) is -0.887. The third kappa shape index (κ3) is 2.57. The van der Waals surface area contributed by atoms with E-state index in [-0.39, 0.29) is 11.3 Å².